The first-order valence-electron chi connectivity index (χ1n) is 7.06. The third-order valence-electron chi connectivity index (χ3n) is 4.07. The lowest BCUT2D eigenvalue weighted by Gasteiger charge is -2.32. The van der Waals surface area contributed by atoms with E-state index in [1.807, 2.05) is 13.8 Å². The Balaban J connectivity index is 2.37. The summed E-state index contributed by atoms with van der Waals surface area (Å²) in [5.74, 6) is -0.926. The summed E-state index contributed by atoms with van der Waals surface area (Å²) in [5, 5.41) is 0. The van der Waals surface area contributed by atoms with Gasteiger partial charge in [0.25, 0.3) is 0 Å². The second-order valence-electron chi connectivity index (χ2n) is 5.62. The van der Waals surface area contributed by atoms with Crippen LogP contribution < -0.4 is 0 Å². The summed E-state index contributed by atoms with van der Waals surface area (Å²) in [6.07, 6.45) is 0.581. The number of alkyl halides is 3. The van der Waals surface area contributed by atoms with Gasteiger partial charge in [-0.3, -0.25) is 0 Å². The van der Waals surface area contributed by atoms with Gasteiger partial charge in [-0.25, -0.2) is 0 Å². The zero-order valence-electron chi connectivity index (χ0n) is 11.6. The normalized spacial score (nSPS) is 29.0. The molecular weight excluding hydrogens is 241 g/mol. The second kappa shape index (κ2) is 6.78. The molecule has 1 fully saturated rings. The van der Waals surface area contributed by atoms with Crippen molar-refractivity contribution in [3.05, 3.63) is 0 Å². The summed E-state index contributed by atoms with van der Waals surface area (Å²) in [5.41, 5.74) is 0. The van der Waals surface area contributed by atoms with Crippen molar-refractivity contribution in [2.24, 2.45) is 11.8 Å². The average molecular weight is 266 g/mol. The highest BCUT2D eigenvalue weighted by atomic mass is 19.4. The Bertz CT molecular complexity index is 240. The van der Waals surface area contributed by atoms with Gasteiger partial charge in [-0.05, 0) is 51.4 Å². The van der Waals surface area contributed by atoms with Crippen LogP contribution in [0.1, 0.15) is 59.3 Å². The number of halogens is 3. The van der Waals surface area contributed by atoms with E-state index in [4.69, 9.17) is 4.74 Å². The molecule has 0 radical (unpaired) electrons. The summed E-state index contributed by atoms with van der Waals surface area (Å²) < 4.78 is 43.7. The van der Waals surface area contributed by atoms with Crippen LogP contribution in [0.25, 0.3) is 0 Å². The van der Waals surface area contributed by atoms with Crippen LogP contribution in [-0.4, -0.2) is 18.4 Å². The van der Waals surface area contributed by atoms with Crippen molar-refractivity contribution in [3.63, 3.8) is 0 Å². The highest BCUT2D eigenvalue weighted by Crippen LogP contribution is 2.35. The first-order chi connectivity index (χ1) is 8.34. The molecule has 0 amide bonds. The average Bonchev–Trinajstić information content (AvgIpc) is 2.27. The second-order valence-corrected chi connectivity index (χ2v) is 5.62. The fourth-order valence-electron chi connectivity index (χ4n) is 2.71. The molecule has 0 spiro atoms. The van der Waals surface area contributed by atoms with E-state index in [0.29, 0.717) is 6.42 Å². The van der Waals surface area contributed by atoms with Crippen molar-refractivity contribution in [1.29, 1.82) is 0 Å². The maximum Gasteiger partial charge on any atom is 0.391 e. The summed E-state index contributed by atoms with van der Waals surface area (Å²) in [6.45, 7) is 5.68. The van der Waals surface area contributed by atoms with Gasteiger partial charge in [-0.15, -0.1) is 0 Å². The fourth-order valence-corrected chi connectivity index (χ4v) is 2.71. The minimum absolute atomic E-state index is 0.152. The van der Waals surface area contributed by atoms with Crippen LogP contribution in [0.4, 0.5) is 13.2 Å². The fraction of sp³-hybridized carbons (Fsp3) is 1.00. The lowest BCUT2D eigenvalue weighted by atomic mass is 9.88. The molecule has 1 saturated heterocycles. The Morgan fingerprint density at radius 3 is 2.39 bits per heavy atom. The largest absolute Gasteiger partial charge is 0.391 e. The first kappa shape index (κ1) is 15.8. The Morgan fingerprint density at radius 1 is 1.22 bits per heavy atom. The maximum absolute atomic E-state index is 12.6. The van der Waals surface area contributed by atoms with Gasteiger partial charge in [0.1, 0.15) is 0 Å². The highest BCUT2D eigenvalue weighted by molar-refractivity contribution is 4.75. The highest BCUT2D eigenvalue weighted by Gasteiger charge is 2.38. The molecule has 0 saturated carbocycles. The van der Waals surface area contributed by atoms with Gasteiger partial charge in [-0.2, -0.15) is 13.2 Å². The van der Waals surface area contributed by atoms with E-state index in [1.165, 1.54) is 0 Å². The van der Waals surface area contributed by atoms with Crippen LogP contribution in [0, 0.1) is 11.8 Å². The zero-order chi connectivity index (χ0) is 13.8. The van der Waals surface area contributed by atoms with Crippen molar-refractivity contribution in [2.45, 2.75) is 77.7 Å². The lowest BCUT2D eigenvalue weighted by molar-refractivity contribution is -0.178. The molecule has 0 aromatic carbocycles. The molecule has 0 aromatic rings. The minimum Gasteiger partial charge on any atom is -0.375 e. The topological polar surface area (TPSA) is 9.23 Å². The summed E-state index contributed by atoms with van der Waals surface area (Å²) in [7, 11) is 0. The predicted molar refractivity (Wildman–Crippen MR) is 66.4 cm³/mol. The molecule has 2 unspecified atom stereocenters. The zero-order valence-corrected chi connectivity index (χ0v) is 11.6. The van der Waals surface area contributed by atoms with Gasteiger partial charge in [0.2, 0.25) is 0 Å². The Hall–Kier alpha value is -0.250. The summed E-state index contributed by atoms with van der Waals surface area (Å²) in [4.78, 5) is 0. The molecule has 4 heteroatoms. The van der Waals surface area contributed by atoms with Gasteiger partial charge in [0.15, 0.2) is 0 Å². The van der Waals surface area contributed by atoms with Crippen molar-refractivity contribution < 1.29 is 17.9 Å². The molecule has 1 rings (SSSR count). The van der Waals surface area contributed by atoms with Gasteiger partial charge in [-0.1, -0.05) is 13.8 Å². The number of rotatable bonds is 5. The van der Waals surface area contributed by atoms with Crippen molar-refractivity contribution in [1.82, 2.24) is 0 Å². The van der Waals surface area contributed by atoms with Crippen molar-refractivity contribution >= 4 is 0 Å². The van der Waals surface area contributed by atoms with E-state index in [9.17, 15) is 13.2 Å². The smallest absolute Gasteiger partial charge is 0.375 e. The van der Waals surface area contributed by atoms with Crippen LogP contribution in [0.2, 0.25) is 0 Å². The van der Waals surface area contributed by atoms with E-state index >= 15 is 0 Å². The lowest BCUT2D eigenvalue weighted by Crippen LogP contribution is -2.31. The quantitative estimate of drug-likeness (QED) is 0.684. The molecule has 1 aliphatic heterocycles. The number of hydrogen-bond acceptors (Lipinski definition) is 1. The Morgan fingerprint density at radius 2 is 1.89 bits per heavy atom. The SMILES string of the molecule is CCC(CCC(C)[C@@H]1CCC[C@H](C)O1)C(F)(F)F. The van der Waals surface area contributed by atoms with Crippen molar-refractivity contribution in [3.8, 4) is 0 Å². The van der Waals surface area contributed by atoms with Gasteiger partial charge in [0.05, 0.1) is 18.1 Å². The molecule has 108 valence electrons. The van der Waals surface area contributed by atoms with Crippen LogP contribution in [0.15, 0.2) is 0 Å². The van der Waals surface area contributed by atoms with E-state index in [2.05, 4.69) is 0 Å². The molecule has 4 atom stereocenters. The molecule has 0 aliphatic carbocycles. The van der Waals surface area contributed by atoms with E-state index in [1.54, 1.807) is 6.92 Å². The van der Waals surface area contributed by atoms with Crippen LogP contribution in [0.3, 0.4) is 0 Å². The van der Waals surface area contributed by atoms with E-state index in [-0.39, 0.29) is 31.0 Å². The monoisotopic (exact) mass is 266 g/mol. The van der Waals surface area contributed by atoms with Gasteiger partial charge < -0.3 is 4.74 Å². The van der Waals surface area contributed by atoms with E-state index in [0.717, 1.165) is 19.3 Å². The van der Waals surface area contributed by atoms with Gasteiger partial charge in [0, 0.05) is 0 Å². The molecule has 0 N–H and O–H groups in total. The molecule has 1 aliphatic rings. The number of hydrogen-bond donors (Lipinski definition) is 0. The third-order valence-corrected chi connectivity index (χ3v) is 4.07. The molecule has 0 aromatic heterocycles. The number of ether oxygens (including phenoxy) is 1. The van der Waals surface area contributed by atoms with Crippen LogP contribution in [-0.2, 0) is 4.74 Å². The Labute approximate surface area is 108 Å². The minimum atomic E-state index is -4.05. The van der Waals surface area contributed by atoms with Crippen molar-refractivity contribution in [2.75, 3.05) is 0 Å². The molecule has 0 bridgehead atoms. The molecule has 18 heavy (non-hydrogen) atoms. The van der Waals surface area contributed by atoms with Gasteiger partial charge >= 0.3 is 6.18 Å². The molecule has 1 nitrogen and oxygen atoms in total. The van der Waals surface area contributed by atoms with Crippen LogP contribution in [0.5, 0.6) is 0 Å². The standard InChI is InChI=1S/C14H25F3O/c1-4-12(14(15,16)17)9-8-10(2)13-7-5-6-11(3)18-13/h10-13H,4-9H2,1-3H3/t10?,11-,12?,13-/m0/s1. The predicted octanol–water partition coefficient (Wildman–Crippen LogP) is 4.95. The van der Waals surface area contributed by atoms with E-state index < -0.39 is 12.1 Å². The summed E-state index contributed by atoms with van der Waals surface area (Å²) >= 11 is 0. The Kier molecular flexibility index (Phi) is 5.96. The molecule has 1 heterocycles. The first-order valence-corrected chi connectivity index (χ1v) is 7.06. The van der Waals surface area contributed by atoms with Crippen LogP contribution >= 0.6 is 0 Å². The third kappa shape index (κ3) is 4.79. The maximum atomic E-state index is 12.6. The molecular formula is C14H25F3O. The summed E-state index contributed by atoms with van der Waals surface area (Å²) in [6, 6.07) is 0.